The molecule has 2 nitrogen and oxygen atoms in total. The van der Waals surface area contributed by atoms with Gasteiger partial charge in [0.1, 0.15) is 0 Å². The van der Waals surface area contributed by atoms with Gasteiger partial charge in [0.05, 0.1) is 5.56 Å². The van der Waals surface area contributed by atoms with Crippen LogP contribution in [0.1, 0.15) is 24.8 Å². The number of anilines is 1. The summed E-state index contributed by atoms with van der Waals surface area (Å²) in [5, 5.41) is 6.22. The topological polar surface area (TPSA) is 24.1 Å². The maximum atomic E-state index is 12.9. The van der Waals surface area contributed by atoms with Crippen LogP contribution >= 0.6 is 15.9 Å². The zero-order valence-corrected chi connectivity index (χ0v) is 11.9. The summed E-state index contributed by atoms with van der Waals surface area (Å²) in [4.78, 5) is 0. The summed E-state index contributed by atoms with van der Waals surface area (Å²) in [6, 6.07) is 4.44. The van der Waals surface area contributed by atoms with Gasteiger partial charge < -0.3 is 10.6 Å². The van der Waals surface area contributed by atoms with Crippen LogP contribution < -0.4 is 10.6 Å². The molecule has 1 saturated heterocycles. The average molecular weight is 337 g/mol. The first-order valence-electron chi connectivity index (χ1n) is 6.31. The molecule has 2 N–H and O–H groups in total. The van der Waals surface area contributed by atoms with Crippen LogP contribution in [0.4, 0.5) is 18.9 Å². The van der Waals surface area contributed by atoms with Gasteiger partial charge in [-0.05, 0) is 37.6 Å². The molecule has 0 bridgehead atoms. The molecule has 0 spiro atoms. The van der Waals surface area contributed by atoms with Crippen molar-refractivity contribution in [2.24, 2.45) is 0 Å². The summed E-state index contributed by atoms with van der Waals surface area (Å²) < 4.78 is 39.2. The van der Waals surface area contributed by atoms with E-state index in [0.717, 1.165) is 31.9 Å². The van der Waals surface area contributed by atoms with Gasteiger partial charge in [-0.1, -0.05) is 22.4 Å². The van der Waals surface area contributed by atoms with Crippen molar-refractivity contribution in [3.8, 4) is 0 Å². The van der Waals surface area contributed by atoms with E-state index in [9.17, 15) is 13.2 Å². The summed E-state index contributed by atoms with van der Waals surface area (Å²) in [5.41, 5.74) is -0.485. The molecule has 2 rings (SSSR count). The Hall–Kier alpha value is -0.750. The molecule has 1 aliphatic rings. The Kier molecular flexibility index (Phi) is 4.73. The highest BCUT2D eigenvalue weighted by molar-refractivity contribution is 9.10. The molecule has 0 aromatic heterocycles. The van der Waals surface area contributed by atoms with Gasteiger partial charge in [-0.25, -0.2) is 0 Å². The minimum Gasteiger partial charge on any atom is -0.383 e. The third-order valence-electron chi connectivity index (χ3n) is 3.24. The van der Waals surface area contributed by atoms with Crippen molar-refractivity contribution in [3.05, 3.63) is 28.2 Å². The predicted molar refractivity (Wildman–Crippen MR) is 73.3 cm³/mol. The third-order valence-corrected chi connectivity index (χ3v) is 3.73. The Labute approximate surface area is 118 Å². The van der Waals surface area contributed by atoms with Gasteiger partial charge in [-0.3, -0.25) is 0 Å². The molecule has 1 aromatic carbocycles. The van der Waals surface area contributed by atoms with Crippen LogP contribution in [-0.4, -0.2) is 19.1 Å². The van der Waals surface area contributed by atoms with Crippen molar-refractivity contribution in [1.29, 1.82) is 0 Å². The van der Waals surface area contributed by atoms with Crippen molar-refractivity contribution in [3.63, 3.8) is 0 Å². The maximum Gasteiger partial charge on any atom is 0.418 e. The van der Waals surface area contributed by atoms with E-state index in [2.05, 4.69) is 26.6 Å². The number of benzene rings is 1. The monoisotopic (exact) mass is 336 g/mol. The average Bonchev–Trinajstić information content (AvgIpc) is 2.37. The van der Waals surface area contributed by atoms with Crippen LogP contribution in [0.2, 0.25) is 0 Å². The van der Waals surface area contributed by atoms with E-state index in [4.69, 9.17) is 0 Å². The minimum absolute atomic E-state index is 0.142. The fourth-order valence-electron chi connectivity index (χ4n) is 2.24. The van der Waals surface area contributed by atoms with E-state index >= 15 is 0 Å². The molecule has 1 aromatic rings. The smallest absolute Gasteiger partial charge is 0.383 e. The van der Waals surface area contributed by atoms with Crippen molar-refractivity contribution in [2.45, 2.75) is 31.5 Å². The first-order valence-corrected chi connectivity index (χ1v) is 7.10. The zero-order valence-electron chi connectivity index (χ0n) is 10.4. The minimum atomic E-state index is -4.34. The third kappa shape index (κ3) is 4.11. The van der Waals surface area contributed by atoms with Crippen molar-refractivity contribution in [2.75, 3.05) is 18.4 Å². The van der Waals surface area contributed by atoms with Crippen LogP contribution in [0.5, 0.6) is 0 Å². The van der Waals surface area contributed by atoms with Crippen LogP contribution in [0, 0.1) is 0 Å². The second-order valence-electron chi connectivity index (χ2n) is 4.72. The molecule has 0 amide bonds. The molecule has 106 valence electrons. The summed E-state index contributed by atoms with van der Waals surface area (Å²) in [5.74, 6) is 0. The standard InChI is InChI=1S/C13H16BrF3N2/c14-9-4-5-12(11(7-9)13(15,16)17)19-8-10-3-1-2-6-18-10/h4-5,7,10,18-19H,1-3,6,8H2. The Morgan fingerprint density at radius 3 is 2.74 bits per heavy atom. The predicted octanol–water partition coefficient (Wildman–Crippen LogP) is 4.02. The molecule has 0 radical (unpaired) electrons. The highest BCUT2D eigenvalue weighted by atomic mass is 79.9. The Morgan fingerprint density at radius 1 is 1.32 bits per heavy atom. The lowest BCUT2D eigenvalue weighted by Crippen LogP contribution is -2.39. The molecule has 6 heteroatoms. The summed E-state index contributed by atoms with van der Waals surface area (Å²) in [7, 11) is 0. The van der Waals surface area contributed by atoms with Crippen LogP contribution in [-0.2, 0) is 6.18 Å². The second-order valence-corrected chi connectivity index (χ2v) is 5.63. The quantitative estimate of drug-likeness (QED) is 0.871. The van der Waals surface area contributed by atoms with Gasteiger partial charge in [0.25, 0.3) is 0 Å². The van der Waals surface area contributed by atoms with E-state index < -0.39 is 11.7 Å². The number of hydrogen-bond acceptors (Lipinski definition) is 2. The van der Waals surface area contributed by atoms with Gasteiger partial charge in [0.15, 0.2) is 0 Å². The van der Waals surface area contributed by atoms with E-state index in [-0.39, 0.29) is 11.7 Å². The molecule has 1 atom stereocenters. The lowest BCUT2D eigenvalue weighted by molar-refractivity contribution is -0.137. The van der Waals surface area contributed by atoms with E-state index in [0.29, 0.717) is 11.0 Å². The molecule has 1 fully saturated rings. The highest BCUT2D eigenvalue weighted by Gasteiger charge is 2.33. The molecule has 19 heavy (non-hydrogen) atoms. The lowest BCUT2D eigenvalue weighted by Gasteiger charge is -2.25. The Balaban J connectivity index is 2.06. The van der Waals surface area contributed by atoms with Crippen molar-refractivity contribution in [1.82, 2.24) is 5.32 Å². The first kappa shape index (κ1) is 14.7. The molecule has 0 aliphatic carbocycles. The molecule has 1 unspecified atom stereocenters. The van der Waals surface area contributed by atoms with E-state index in [1.54, 1.807) is 6.07 Å². The largest absolute Gasteiger partial charge is 0.418 e. The van der Waals surface area contributed by atoms with Crippen LogP contribution in [0.25, 0.3) is 0 Å². The number of alkyl halides is 3. The van der Waals surface area contributed by atoms with Gasteiger partial charge in [0.2, 0.25) is 0 Å². The van der Waals surface area contributed by atoms with Crippen molar-refractivity contribution < 1.29 is 13.2 Å². The van der Waals surface area contributed by atoms with Gasteiger partial charge in [0, 0.05) is 22.7 Å². The summed E-state index contributed by atoms with van der Waals surface area (Å²) in [6.45, 7) is 1.46. The van der Waals surface area contributed by atoms with E-state index in [1.807, 2.05) is 0 Å². The maximum absolute atomic E-state index is 12.9. The molecule has 1 heterocycles. The van der Waals surface area contributed by atoms with Crippen LogP contribution in [0.3, 0.4) is 0 Å². The number of halogens is 4. The first-order chi connectivity index (χ1) is 8.97. The van der Waals surface area contributed by atoms with Gasteiger partial charge in [-0.15, -0.1) is 0 Å². The number of rotatable bonds is 3. The number of piperidine rings is 1. The fraction of sp³-hybridized carbons (Fsp3) is 0.538. The number of hydrogen-bond donors (Lipinski definition) is 2. The Bertz CT molecular complexity index is 428. The number of nitrogens with one attached hydrogen (secondary N) is 2. The molecule has 1 aliphatic heterocycles. The normalized spacial score (nSPS) is 20.3. The van der Waals surface area contributed by atoms with Gasteiger partial charge >= 0.3 is 6.18 Å². The van der Waals surface area contributed by atoms with Crippen molar-refractivity contribution >= 4 is 21.6 Å². The fourth-order valence-corrected chi connectivity index (χ4v) is 2.60. The molecular weight excluding hydrogens is 321 g/mol. The van der Waals surface area contributed by atoms with Gasteiger partial charge in [-0.2, -0.15) is 13.2 Å². The highest BCUT2D eigenvalue weighted by Crippen LogP contribution is 2.36. The Morgan fingerprint density at radius 2 is 2.11 bits per heavy atom. The summed E-state index contributed by atoms with van der Waals surface area (Å²) in [6.07, 6.45) is -1.06. The van der Waals surface area contributed by atoms with E-state index in [1.165, 1.54) is 6.07 Å². The second kappa shape index (κ2) is 6.13. The molecule has 0 saturated carbocycles. The molecular formula is C13H16BrF3N2. The lowest BCUT2D eigenvalue weighted by atomic mass is 10.0. The van der Waals surface area contributed by atoms with Crippen LogP contribution in [0.15, 0.2) is 22.7 Å². The zero-order chi connectivity index (χ0) is 13.9. The SMILES string of the molecule is FC(F)(F)c1cc(Br)ccc1NCC1CCCCN1. The summed E-state index contributed by atoms with van der Waals surface area (Å²) >= 11 is 3.08.